The van der Waals surface area contributed by atoms with Crippen molar-refractivity contribution in [3.63, 3.8) is 0 Å². The molecule has 5 heteroatoms. The molecule has 1 aromatic rings. The van der Waals surface area contributed by atoms with Gasteiger partial charge in [-0.15, -0.1) is 6.58 Å². The van der Waals surface area contributed by atoms with E-state index in [0.29, 0.717) is 28.9 Å². The van der Waals surface area contributed by atoms with Gasteiger partial charge in [0, 0.05) is 24.9 Å². The summed E-state index contributed by atoms with van der Waals surface area (Å²) in [6.07, 6.45) is 2.16. The minimum absolute atomic E-state index is 0.0417. The molecular weight excluding hydrogens is 301 g/mol. The summed E-state index contributed by atoms with van der Waals surface area (Å²) in [7, 11) is 1.49. The van der Waals surface area contributed by atoms with Crippen LogP contribution in [0.3, 0.4) is 0 Å². The molecule has 0 aliphatic carbocycles. The molecule has 1 fully saturated rings. The standard InChI is InChI=1S/C13H13BrFNO2/c1-3-8-4-13(17)16(7-8)11-6-10(15)9(14)5-12(11)18-2/h3,5-6,8H,1,4,7H2,2H3. The highest BCUT2D eigenvalue weighted by molar-refractivity contribution is 9.10. The second-order valence-electron chi connectivity index (χ2n) is 4.14. The Kier molecular flexibility index (Phi) is 3.71. The van der Waals surface area contributed by atoms with E-state index in [2.05, 4.69) is 22.5 Å². The summed E-state index contributed by atoms with van der Waals surface area (Å²) in [5.41, 5.74) is 0.465. The molecule has 1 aliphatic heterocycles. The lowest BCUT2D eigenvalue weighted by molar-refractivity contribution is -0.117. The van der Waals surface area contributed by atoms with Crippen molar-refractivity contribution in [2.75, 3.05) is 18.6 Å². The SMILES string of the molecule is C=CC1CC(=O)N(c2cc(F)c(Br)cc2OC)C1. The fourth-order valence-corrected chi connectivity index (χ4v) is 2.34. The maximum atomic E-state index is 13.6. The Hall–Kier alpha value is -1.36. The molecule has 1 saturated heterocycles. The van der Waals surface area contributed by atoms with Crippen molar-refractivity contribution < 1.29 is 13.9 Å². The van der Waals surface area contributed by atoms with Gasteiger partial charge in [-0.3, -0.25) is 4.79 Å². The van der Waals surface area contributed by atoms with Crippen molar-refractivity contribution >= 4 is 27.5 Å². The van der Waals surface area contributed by atoms with Crippen LogP contribution in [0.1, 0.15) is 6.42 Å². The molecule has 0 spiro atoms. The van der Waals surface area contributed by atoms with E-state index in [1.165, 1.54) is 19.2 Å². The van der Waals surface area contributed by atoms with Crippen LogP contribution in [0, 0.1) is 11.7 Å². The summed E-state index contributed by atoms with van der Waals surface area (Å²) in [5, 5.41) is 0. The van der Waals surface area contributed by atoms with Crippen LogP contribution in [0.25, 0.3) is 0 Å². The molecule has 96 valence electrons. The van der Waals surface area contributed by atoms with Gasteiger partial charge >= 0.3 is 0 Å². The molecule has 3 nitrogen and oxygen atoms in total. The average Bonchev–Trinajstić information content (AvgIpc) is 2.73. The zero-order valence-electron chi connectivity index (χ0n) is 9.95. The van der Waals surface area contributed by atoms with E-state index >= 15 is 0 Å². The van der Waals surface area contributed by atoms with Gasteiger partial charge in [0.05, 0.1) is 17.3 Å². The molecule has 1 atom stereocenters. The first-order valence-electron chi connectivity index (χ1n) is 5.52. The number of nitrogens with zero attached hydrogens (tertiary/aromatic N) is 1. The highest BCUT2D eigenvalue weighted by atomic mass is 79.9. The quantitative estimate of drug-likeness (QED) is 0.802. The Balaban J connectivity index is 2.41. The monoisotopic (exact) mass is 313 g/mol. The zero-order valence-corrected chi connectivity index (χ0v) is 11.5. The molecule has 0 bridgehead atoms. The number of methoxy groups -OCH3 is 1. The van der Waals surface area contributed by atoms with Crippen LogP contribution < -0.4 is 9.64 Å². The number of ether oxygens (including phenoxy) is 1. The summed E-state index contributed by atoms with van der Waals surface area (Å²) in [6.45, 7) is 4.20. The van der Waals surface area contributed by atoms with Crippen LogP contribution in [0.15, 0.2) is 29.3 Å². The van der Waals surface area contributed by atoms with Crippen LogP contribution in [0.5, 0.6) is 5.75 Å². The van der Waals surface area contributed by atoms with Gasteiger partial charge in [0.15, 0.2) is 0 Å². The third kappa shape index (κ3) is 2.27. The van der Waals surface area contributed by atoms with Gasteiger partial charge in [0.2, 0.25) is 5.91 Å². The van der Waals surface area contributed by atoms with E-state index in [4.69, 9.17) is 4.74 Å². The van der Waals surface area contributed by atoms with Crippen molar-refractivity contribution in [3.8, 4) is 5.75 Å². The summed E-state index contributed by atoms with van der Waals surface area (Å²) >= 11 is 3.10. The lowest BCUT2D eigenvalue weighted by Crippen LogP contribution is -2.25. The first-order chi connectivity index (χ1) is 8.56. The van der Waals surface area contributed by atoms with Crippen LogP contribution >= 0.6 is 15.9 Å². The second kappa shape index (κ2) is 5.10. The Bertz CT molecular complexity index is 504. The molecule has 1 unspecified atom stereocenters. The van der Waals surface area contributed by atoms with E-state index < -0.39 is 5.82 Å². The van der Waals surface area contributed by atoms with Gasteiger partial charge < -0.3 is 9.64 Å². The second-order valence-corrected chi connectivity index (χ2v) is 5.00. The lowest BCUT2D eigenvalue weighted by atomic mass is 10.1. The van der Waals surface area contributed by atoms with Crippen molar-refractivity contribution in [2.24, 2.45) is 5.92 Å². The highest BCUT2D eigenvalue weighted by Gasteiger charge is 2.31. The molecule has 0 saturated carbocycles. The number of halogens is 2. The molecule has 18 heavy (non-hydrogen) atoms. The fraction of sp³-hybridized carbons (Fsp3) is 0.308. The number of benzene rings is 1. The van der Waals surface area contributed by atoms with E-state index in [1.807, 2.05) is 0 Å². The van der Waals surface area contributed by atoms with Crippen LogP contribution in [0.2, 0.25) is 0 Å². The first kappa shape index (κ1) is 13.1. The van der Waals surface area contributed by atoms with Crippen molar-refractivity contribution in [1.82, 2.24) is 0 Å². The predicted octanol–water partition coefficient (Wildman–Crippen LogP) is 3.14. The van der Waals surface area contributed by atoms with Crippen molar-refractivity contribution in [2.45, 2.75) is 6.42 Å². The maximum absolute atomic E-state index is 13.6. The van der Waals surface area contributed by atoms with E-state index in [0.717, 1.165) is 0 Å². The summed E-state index contributed by atoms with van der Waals surface area (Å²) < 4.78 is 19.1. The smallest absolute Gasteiger partial charge is 0.227 e. The summed E-state index contributed by atoms with van der Waals surface area (Å²) in [4.78, 5) is 13.4. The van der Waals surface area contributed by atoms with Crippen molar-refractivity contribution in [3.05, 3.63) is 35.1 Å². The number of carbonyl (C=O) groups excluding carboxylic acids is 1. The molecule has 0 radical (unpaired) electrons. The van der Waals surface area contributed by atoms with E-state index in [-0.39, 0.29) is 11.8 Å². The Labute approximate surface area is 113 Å². The highest BCUT2D eigenvalue weighted by Crippen LogP contribution is 2.36. The predicted molar refractivity (Wildman–Crippen MR) is 71.3 cm³/mol. The van der Waals surface area contributed by atoms with Gasteiger partial charge in [-0.1, -0.05) is 6.08 Å². The molecule has 1 aromatic carbocycles. The minimum Gasteiger partial charge on any atom is -0.495 e. The minimum atomic E-state index is -0.416. The number of hydrogen-bond acceptors (Lipinski definition) is 2. The fourth-order valence-electron chi connectivity index (χ4n) is 2.02. The Morgan fingerprint density at radius 2 is 2.33 bits per heavy atom. The van der Waals surface area contributed by atoms with Gasteiger partial charge in [0.1, 0.15) is 11.6 Å². The third-order valence-electron chi connectivity index (χ3n) is 3.00. The topological polar surface area (TPSA) is 29.5 Å². The van der Waals surface area contributed by atoms with Gasteiger partial charge in [-0.25, -0.2) is 4.39 Å². The maximum Gasteiger partial charge on any atom is 0.227 e. The van der Waals surface area contributed by atoms with Crippen LogP contribution in [0.4, 0.5) is 10.1 Å². The molecule has 2 rings (SSSR count). The Morgan fingerprint density at radius 1 is 1.61 bits per heavy atom. The van der Waals surface area contributed by atoms with Gasteiger partial charge in [-0.05, 0) is 22.0 Å². The van der Waals surface area contributed by atoms with E-state index in [1.54, 1.807) is 11.0 Å². The average molecular weight is 314 g/mol. The van der Waals surface area contributed by atoms with Gasteiger partial charge in [0.25, 0.3) is 0 Å². The van der Waals surface area contributed by atoms with Crippen LogP contribution in [-0.2, 0) is 4.79 Å². The largest absolute Gasteiger partial charge is 0.495 e. The number of rotatable bonds is 3. The normalized spacial score (nSPS) is 19.2. The van der Waals surface area contributed by atoms with Gasteiger partial charge in [-0.2, -0.15) is 0 Å². The van der Waals surface area contributed by atoms with Crippen LogP contribution in [-0.4, -0.2) is 19.6 Å². The number of amides is 1. The number of anilines is 1. The molecule has 1 aliphatic rings. The molecular formula is C13H13BrFNO2. The summed E-state index contributed by atoms with van der Waals surface area (Å²) in [6, 6.07) is 2.84. The molecule has 0 aromatic heterocycles. The van der Waals surface area contributed by atoms with Crippen molar-refractivity contribution in [1.29, 1.82) is 0 Å². The van der Waals surface area contributed by atoms with E-state index in [9.17, 15) is 9.18 Å². The number of carbonyl (C=O) groups is 1. The first-order valence-corrected chi connectivity index (χ1v) is 6.32. The molecule has 1 amide bonds. The summed E-state index contributed by atoms with van der Waals surface area (Å²) in [5.74, 6) is 0.121. The lowest BCUT2D eigenvalue weighted by Gasteiger charge is -2.19. The Morgan fingerprint density at radius 3 is 2.89 bits per heavy atom. The third-order valence-corrected chi connectivity index (χ3v) is 3.61. The molecule has 0 N–H and O–H groups in total. The number of hydrogen-bond donors (Lipinski definition) is 0. The zero-order chi connectivity index (χ0) is 13.3. The molecule has 1 heterocycles.